The molecular weight excluding hydrogens is 293 g/mol. The number of allylic oxidation sites excluding steroid dienone is 1. The summed E-state index contributed by atoms with van der Waals surface area (Å²) in [7, 11) is 0. The summed E-state index contributed by atoms with van der Waals surface area (Å²) in [5.74, 6) is -2.09. The number of hydrogen-bond acceptors (Lipinski definition) is 4. The zero-order valence-corrected chi connectivity index (χ0v) is 14.5. The van der Waals surface area contributed by atoms with Crippen molar-refractivity contribution in [2.75, 3.05) is 26.2 Å². The first kappa shape index (κ1) is 24.4. The van der Waals surface area contributed by atoms with Crippen LogP contribution in [0, 0.1) is 0 Å². The summed E-state index contributed by atoms with van der Waals surface area (Å²) in [5, 5.41) is 28.8. The van der Waals surface area contributed by atoms with Crippen LogP contribution in [-0.2, 0) is 9.59 Å². The van der Waals surface area contributed by atoms with Gasteiger partial charge in [-0.1, -0.05) is 26.2 Å². The topological polar surface area (TPSA) is 97.7 Å². The average molecular weight is 322 g/mol. The Bertz CT molecular complexity index is 342. The van der Waals surface area contributed by atoms with E-state index in [1.165, 1.54) is 12.8 Å². The van der Waals surface area contributed by atoms with Crippen molar-refractivity contribution < 1.29 is 48.3 Å². The summed E-state index contributed by atoms with van der Waals surface area (Å²) in [6, 6.07) is 0. The fourth-order valence-electron chi connectivity index (χ4n) is 2.38. The fraction of sp³-hybridized carbons (Fsp3) is 0.750. The number of carbonyl (C=O) groups is 2. The van der Waals surface area contributed by atoms with E-state index >= 15 is 0 Å². The van der Waals surface area contributed by atoms with Crippen molar-refractivity contribution in [3.63, 3.8) is 0 Å². The Morgan fingerprint density at radius 3 is 2.26 bits per heavy atom. The van der Waals surface area contributed by atoms with Crippen LogP contribution >= 0.6 is 0 Å². The van der Waals surface area contributed by atoms with Crippen LogP contribution in [0.2, 0.25) is 0 Å². The Labute approximate surface area is 150 Å². The van der Waals surface area contributed by atoms with Gasteiger partial charge in [-0.15, -0.1) is 0 Å². The van der Waals surface area contributed by atoms with E-state index in [2.05, 4.69) is 6.92 Å². The molecule has 0 radical (unpaired) electrons. The standard InChI is InChI=1S/C16H29NO5.Li/c1-2-3-4-5-6-7-10-17(13-14-18,11-8-15(19)20)12-9-16(21)22;/h7,10,18H,2-6,8-9,11-14H2,1H3,(H-,19,20,21,22);/q;+1/b10-7+;. The fourth-order valence-corrected chi connectivity index (χ4v) is 2.38. The van der Waals surface area contributed by atoms with Gasteiger partial charge in [-0.3, -0.25) is 9.28 Å². The van der Waals surface area contributed by atoms with Crippen molar-refractivity contribution in [1.29, 1.82) is 0 Å². The summed E-state index contributed by atoms with van der Waals surface area (Å²) in [6.45, 7) is 2.85. The second-order valence-corrected chi connectivity index (χ2v) is 5.61. The third-order valence-electron chi connectivity index (χ3n) is 3.72. The molecule has 0 saturated carbocycles. The van der Waals surface area contributed by atoms with Gasteiger partial charge in [-0.25, -0.2) is 0 Å². The molecule has 0 rings (SSSR count). The zero-order valence-electron chi connectivity index (χ0n) is 14.5. The van der Waals surface area contributed by atoms with Crippen molar-refractivity contribution in [2.24, 2.45) is 0 Å². The largest absolute Gasteiger partial charge is 1.00 e. The van der Waals surface area contributed by atoms with Crippen LogP contribution < -0.4 is 24.0 Å². The molecule has 0 aliphatic rings. The van der Waals surface area contributed by atoms with Gasteiger partial charge < -0.3 is 20.1 Å². The van der Waals surface area contributed by atoms with Crippen LogP contribution in [0.4, 0.5) is 0 Å². The number of carbonyl (C=O) groups excluding carboxylic acids is 1. The Kier molecular flexibility index (Phi) is 15.7. The number of aliphatic hydroxyl groups excluding tert-OH is 1. The third kappa shape index (κ3) is 13.3. The summed E-state index contributed by atoms with van der Waals surface area (Å²) >= 11 is 0. The molecule has 0 aromatic carbocycles. The number of hydrogen-bond donors (Lipinski definition) is 2. The Morgan fingerprint density at radius 1 is 1.09 bits per heavy atom. The van der Waals surface area contributed by atoms with Crippen molar-refractivity contribution >= 4 is 11.9 Å². The quantitative estimate of drug-likeness (QED) is 0.217. The minimum atomic E-state index is -1.16. The second kappa shape index (κ2) is 14.8. The molecule has 0 fully saturated rings. The maximum absolute atomic E-state index is 10.8. The maximum Gasteiger partial charge on any atom is 1.00 e. The normalized spacial score (nSPS) is 13.5. The number of carboxylic acids is 2. The molecule has 0 aliphatic carbocycles. The first-order chi connectivity index (χ1) is 10.5. The van der Waals surface area contributed by atoms with Gasteiger partial charge in [0, 0.05) is 12.4 Å². The predicted octanol–water partition coefficient (Wildman–Crippen LogP) is -2.10. The summed E-state index contributed by atoms with van der Waals surface area (Å²) in [5.41, 5.74) is 0. The van der Waals surface area contributed by atoms with Gasteiger partial charge in [0.2, 0.25) is 0 Å². The average Bonchev–Trinajstić information content (AvgIpc) is 2.46. The second-order valence-electron chi connectivity index (χ2n) is 5.61. The van der Waals surface area contributed by atoms with Crippen LogP contribution in [0.5, 0.6) is 0 Å². The molecule has 6 nitrogen and oxygen atoms in total. The van der Waals surface area contributed by atoms with Gasteiger partial charge in [-0.2, -0.15) is 0 Å². The summed E-state index contributed by atoms with van der Waals surface area (Å²) in [4.78, 5) is 21.5. The van der Waals surface area contributed by atoms with E-state index in [1.807, 2.05) is 12.3 Å². The van der Waals surface area contributed by atoms with E-state index in [4.69, 9.17) is 5.11 Å². The molecule has 23 heavy (non-hydrogen) atoms. The van der Waals surface area contributed by atoms with Crippen molar-refractivity contribution in [3.05, 3.63) is 12.3 Å². The first-order valence-corrected chi connectivity index (χ1v) is 8.01. The molecule has 0 aromatic rings. The Hall–Kier alpha value is -0.803. The smallest absolute Gasteiger partial charge is 0.550 e. The minimum Gasteiger partial charge on any atom is -0.550 e. The summed E-state index contributed by atoms with van der Waals surface area (Å²) in [6.07, 6.45) is 9.05. The molecular formula is C16H29LiNO5+. The van der Waals surface area contributed by atoms with Crippen molar-refractivity contribution in [1.82, 2.24) is 0 Å². The monoisotopic (exact) mass is 322 g/mol. The number of aliphatic hydroxyl groups is 1. The van der Waals surface area contributed by atoms with E-state index in [1.54, 1.807) is 0 Å². The van der Waals surface area contributed by atoms with Gasteiger partial charge in [0.15, 0.2) is 0 Å². The number of nitrogens with zero attached hydrogens (tertiary/aromatic N) is 1. The van der Waals surface area contributed by atoms with Gasteiger partial charge in [0.1, 0.15) is 6.54 Å². The molecule has 0 saturated heterocycles. The minimum absolute atomic E-state index is 0. The molecule has 0 heterocycles. The number of unbranched alkanes of at least 4 members (excludes halogenated alkanes) is 4. The third-order valence-corrected chi connectivity index (χ3v) is 3.72. The molecule has 0 spiro atoms. The van der Waals surface area contributed by atoms with E-state index in [-0.39, 0.29) is 55.9 Å². The molecule has 2 N–H and O–H groups in total. The van der Waals surface area contributed by atoms with Crippen LogP contribution in [-0.4, -0.2) is 52.9 Å². The maximum atomic E-state index is 10.8. The van der Waals surface area contributed by atoms with Crippen LogP contribution in [0.15, 0.2) is 12.3 Å². The van der Waals surface area contributed by atoms with E-state index in [0.29, 0.717) is 6.54 Å². The Balaban J connectivity index is 0. The van der Waals surface area contributed by atoms with Crippen LogP contribution in [0.25, 0.3) is 0 Å². The van der Waals surface area contributed by atoms with Gasteiger partial charge in [0.25, 0.3) is 0 Å². The summed E-state index contributed by atoms with van der Waals surface area (Å²) < 4.78 is 0.171. The molecule has 0 aromatic heterocycles. The first-order valence-electron chi connectivity index (χ1n) is 8.01. The predicted molar refractivity (Wildman–Crippen MR) is 81.7 cm³/mol. The van der Waals surface area contributed by atoms with Crippen molar-refractivity contribution in [3.8, 4) is 0 Å². The SMILES string of the molecule is CCCCCC/C=C/[N+](CCO)(CCC(=O)[O-])CCC(=O)O.[Li+]. The van der Waals surface area contributed by atoms with Crippen molar-refractivity contribution in [2.45, 2.75) is 51.9 Å². The number of carboxylic acid groups (broad SMARTS) is 2. The number of rotatable bonds is 14. The van der Waals surface area contributed by atoms with Gasteiger partial charge >= 0.3 is 24.8 Å². The molecule has 128 valence electrons. The molecule has 0 amide bonds. The molecule has 0 bridgehead atoms. The Morgan fingerprint density at radius 2 is 1.74 bits per heavy atom. The number of aliphatic carboxylic acids is 2. The number of quaternary nitrogens is 1. The van der Waals surface area contributed by atoms with E-state index in [9.17, 15) is 19.8 Å². The molecule has 1 atom stereocenters. The van der Waals surface area contributed by atoms with Gasteiger partial charge in [-0.05, 0) is 18.9 Å². The molecule has 7 heteroatoms. The van der Waals surface area contributed by atoms with Crippen LogP contribution in [0.1, 0.15) is 51.9 Å². The van der Waals surface area contributed by atoms with Crippen LogP contribution in [0.3, 0.4) is 0 Å². The van der Waals surface area contributed by atoms with Gasteiger partial charge in [0.05, 0.1) is 32.3 Å². The molecule has 1 unspecified atom stereocenters. The van der Waals surface area contributed by atoms with E-state index < -0.39 is 11.9 Å². The molecule has 0 aliphatic heterocycles. The zero-order chi connectivity index (χ0) is 16.8. The van der Waals surface area contributed by atoms with E-state index in [0.717, 1.165) is 19.3 Å².